The van der Waals surface area contributed by atoms with Crippen LogP contribution in [0.25, 0.3) is 11.4 Å². The number of aliphatic carboxylic acids is 1. The van der Waals surface area contributed by atoms with Crippen LogP contribution in [0, 0.1) is 18.7 Å². The first-order valence-electron chi connectivity index (χ1n) is 8.60. The van der Waals surface area contributed by atoms with E-state index in [0.29, 0.717) is 37.3 Å². The lowest BCUT2D eigenvalue weighted by Gasteiger charge is -2.32. The van der Waals surface area contributed by atoms with Gasteiger partial charge in [-0.25, -0.2) is 14.4 Å². The fraction of sp³-hybridized carbons (Fsp3) is 0.421. The number of halogens is 1. The summed E-state index contributed by atoms with van der Waals surface area (Å²) in [5.41, 5.74) is 2.59. The summed E-state index contributed by atoms with van der Waals surface area (Å²) in [5, 5.41) is 9.18. The van der Waals surface area contributed by atoms with Gasteiger partial charge in [-0.2, -0.15) is 0 Å². The normalized spacial score (nSPS) is 15.4. The quantitative estimate of drug-likeness (QED) is 0.921. The fourth-order valence-electron chi connectivity index (χ4n) is 3.35. The van der Waals surface area contributed by atoms with Crippen LogP contribution in [0.5, 0.6) is 0 Å². The third-order valence-electron chi connectivity index (χ3n) is 4.77. The Morgan fingerprint density at radius 3 is 2.64 bits per heavy atom. The maximum Gasteiger partial charge on any atom is 0.306 e. The summed E-state index contributed by atoms with van der Waals surface area (Å²) < 4.78 is 13.6. The Bertz CT molecular complexity index is 786. The van der Waals surface area contributed by atoms with Gasteiger partial charge in [0.05, 0.1) is 5.92 Å². The van der Waals surface area contributed by atoms with E-state index in [9.17, 15) is 14.3 Å². The SMILES string of the molecule is CCc1c(C)nc(-c2cccc(F)c2)nc1N1CCC(C(=O)O)CC1. The number of aryl methyl sites for hydroxylation is 1. The van der Waals surface area contributed by atoms with Gasteiger partial charge in [0.1, 0.15) is 11.6 Å². The number of nitrogens with zero attached hydrogens (tertiary/aromatic N) is 3. The lowest BCUT2D eigenvalue weighted by Crippen LogP contribution is -2.37. The highest BCUT2D eigenvalue weighted by Crippen LogP contribution is 2.29. The van der Waals surface area contributed by atoms with Gasteiger partial charge in [-0.1, -0.05) is 19.1 Å². The van der Waals surface area contributed by atoms with Crippen molar-refractivity contribution < 1.29 is 14.3 Å². The third kappa shape index (κ3) is 3.62. The molecule has 3 rings (SSSR count). The lowest BCUT2D eigenvalue weighted by molar-refractivity contribution is -0.142. The number of carbonyl (C=O) groups is 1. The smallest absolute Gasteiger partial charge is 0.306 e. The molecule has 1 aromatic heterocycles. The van der Waals surface area contributed by atoms with Crippen LogP contribution in [-0.2, 0) is 11.2 Å². The van der Waals surface area contributed by atoms with Crippen molar-refractivity contribution in [3.63, 3.8) is 0 Å². The molecule has 1 fully saturated rings. The van der Waals surface area contributed by atoms with Crippen LogP contribution in [0.3, 0.4) is 0 Å². The molecule has 6 heteroatoms. The molecule has 0 atom stereocenters. The molecule has 0 spiro atoms. The molecule has 132 valence electrons. The summed E-state index contributed by atoms with van der Waals surface area (Å²) in [7, 11) is 0. The van der Waals surface area contributed by atoms with E-state index < -0.39 is 5.97 Å². The molecule has 0 amide bonds. The summed E-state index contributed by atoms with van der Waals surface area (Å²) in [6, 6.07) is 6.27. The van der Waals surface area contributed by atoms with E-state index in [1.54, 1.807) is 12.1 Å². The zero-order chi connectivity index (χ0) is 18.0. The van der Waals surface area contributed by atoms with Crippen molar-refractivity contribution >= 4 is 11.8 Å². The van der Waals surface area contributed by atoms with Crippen LogP contribution in [0.4, 0.5) is 10.2 Å². The summed E-state index contributed by atoms with van der Waals surface area (Å²) in [6.45, 7) is 5.31. The van der Waals surface area contributed by atoms with Gasteiger partial charge in [0.15, 0.2) is 5.82 Å². The predicted molar refractivity (Wildman–Crippen MR) is 94.1 cm³/mol. The van der Waals surface area contributed by atoms with Crippen LogP contribution in [0.15, 0.2) is 24.3 Å². The van der Waals surface area contributed by atoms with E-state index in [-0.39, 0.29) is 11.7 Å². The second kappa shape index (κ2) is 7.17. The van der Waals surface area contributed by atoms with Crippen molar-refractivity contribution in [2.24, 2.45) is 5.92 Å². The number of carboxylic acids is 1. The minimum absolute atomic E-state index is 0.285. The topological polar surface area (TPSA) is 66.3 Å². The van der Waals surface area contributed by atoms with Crippen molar-refractivity contribution in [2.75, 3.05) is 18.0 Å². The average molecular weight is 343 g/mol. The first-order valence-corrected chi connectivity index (χ1v) is 8.60. The first kappa shape index (κ1) is 17.3. The monoisotopic (exact) mass is 343 g/mol. The van der Waals surface area contributed by atoms with E-state index in [4.69, 9.17) is 4.98 Å². The van der Waals surface area contributed by atoms with Crippen molar-refractivity contribution in [3.05, 3.63) is 41.3 Å². The highest BCUT2D eigenvalue weighted by molar-refractivity contribution is 5.70. The van der Waals surface area contributed by atoms with E-state index in [2.05, 4.69) is 16.8 Å². The van der Waals surface area contributed by atoms with Crippen LogP contribution >= 0.6 is 0 Å². The van der Waals surface area contributed by atoms with Crippen molar-refractivity contribution in [1.29, 1.82) is 0 Å². The van der Waals surface area contributed by atoms with Crippen LogP contribution in [0.1, 0.15) is 31.0 Å². The molecule has 1 aliphatic heterocycles. The van der Waals surface area contributed by atoms with Crippen LogP contribution in [-0.4, -0.2) is 34.1 Å². The molecule has 1 aromatic carbocycles. The standard InChI is InChI=1S/C19H22FN3O2/c1-3-16-12(2)21-17(14-5-4-6-15(20)11-14)22-18(16)23-9-7-13(8-10-23)19(24)25/h4-6,11,13H,3,7-10H2,1-2H3,(H,24,25). The number of benzene rings is 1. The summed E-state index contributed by atoms with van der Waals surface area (Å²) in [5.74, 6) is 0.0198. The van der Waals surface area contributed by atoms with Gasteiger partial charge in [-0.05, 0) is 38.3 Å². The second-order valence-corrected chi connectivity index (χ2v) is 6.40. The van der Waals surface area contributed by atoms with Gasteiger partial charge < -0.3 is 10.0 Å². The number of hydrogen-bond acceptors (Lipinski definition) is 4. The zero-order valence-electron chi connectivity index (χ0n) is 14.5. The van der Waals surface area contributed by atoms with Crippen molar-refractivity contribution in [3.8, 4) is 11.4 Å². The largest absolute Gasteiger partial charge is 0.481 e. The summed E-state index contributed by atoms with van der Waals surface area (Å²) in [4.78, 5) is 22.6. The lowest BCUT2D eigenvalue weighted by atomic mass is 9.96. The number of carboxylic acid groups (broad SMARTS) is 1. The van der Waals surface area contributed by atoms with Gasteiger partial charge in [0, 0.05) is 29.9 Å². The van der Waals surface area contributed by atoms with E-state index in [1.165, 1.54) is 12.1 Å². The molecule has 2 heterocycles. The van der Waals surface area contributed by atoms with E-state index in [0.717, 1.165) is 23.5 Å². The molecule has 0 aliphatic carbocycles. The molecular weight excluding hydrogens is 321 g/mol. The van der Waals surface area contributed by atoms with Gasteiger partial charge in [0.25, 0.3) is 0 Å². The molecule has 2 aromatic rings. The molecule has 0 saturated carbocycles. The molecule has 1 saturated heterocycles. The summed E-state index contributed by atoms with van der Waals surface area (Å²) >= 11 is 0. The molecule has 0 unspecified atom stereocenters. The maximum absolute atomic E-state index is 13.6. The number of piperidine rings is 1. The number of rotatable bonds is 4. The van der Waals surface area contributed by atoms with Crippen molar-refractivity contribution in [2.45, 2.75) is 33.1 Å². The fourth-order valence-corrected chi connectivity index (χ4v) is 3.35. The van der Waals surface area contributed by atoms with E-state index in [1.807, 2.05) is 6.92 Å². The Labute approximate surface area is 146 Å². The Kier molecular flexibility index (Phi) is 4.97. The number of anilines is 1. The second-order valence-electron chi connectivity index (χ2n) is 6.40. The molecule has 1 N–H and O–H groups in total. The number of aromatic nitrogens is 2. The number of hydrogen-bond donors (Lipinski definition) is 1. The van der Waals surface area contributed by atoms with Crippen molar-refractivity contribution in [1.82, 2.24) is 9.97 Å². The van der Waals surface area contributed by atoms with Gasteiger partial charge in [-0.15, -0.1) is 0 Å². The highest BCUT2D eigenvalue weighted by Gasteiger charge is 2.27. The average Bonchev–Trinajstić information content (AvgIpc) is 2.61. The molecule has 5 nitrogen and oxygen atoms in total. The Hall–Kier alpha value is -2.50. The summed E-state index contributed by atoms with van der Waals surface area (Å²) in [6.07, 6.45) is 2.01. The molecule has 0 radical (unpaired) electrons. The molecule has 25 heavy (non-hydrogen) atoms. The first-order chi connectivity index (χ1) is 12.0. The zero-order valence-corrected chi connectivity index (χ0v) is 14.5. The third-order valence-corrected chi connectivity index (χ3v) is 4.77. The maximum atomic E-state index is 13.6. The molecular formula is C19H22FN3O2. The van der Waals surface area contributed by atoms with Gasteiger partial charge in [0.2, 0.25) is 0 Å². The Morgan fingerprint density at radius 2 is 2.04 bits per heavy atom. The van der Waals surface area contributed by atoms with Gasteiger partial charge >= 0.3 is 5.97 Å². The minimum atomic E-state index is -0.727. The van der Waals surface area contributed by atoms with Crippen LogP contribution < -0.4 is 4.90 Å². The minimum Gasteiger partial charge on any atom is -0.481 e. The Morgan fingerprint density at radius 1 is 1.32 bits per heavy atom. The molecule has 1 aliphatic rings. The van der Waals surface area contributed by atoms with E-state index >= 15 is 0 Å². The Balaban J connectivity index is 1.96. The van der Waals surface area contributed by atoms with Crippen LogP contribution in [0.2, 0.25) is 0 Å². The molecule has 0 bridgehead atoms. The predicted octanol–water partition coefficient (Wildman–Crippen LogP) is 3.45. The highest BCUT2D eigenvalue weighted by atomic mass is 19.1. The van der Waals surface area contributed by atoms with Gasteiger partial charge in [-0.3, -0.25) is 4.79 Å².